The van der Waals surface area contributed by atoms with E-state index in [1.54, 1.807) is 0 Å². The molecule has 2 nitrogen and oxygen atoms in total. The zero-order valence-corrected chi connectivity index (χ0v) is 8.72. The van der Waals surface area contributed by atoms with E-state index < -0.39 is 5.54 Å². The van der Waals surface area contributed by atoms with Gasteiger partial charge in [-0.15, -0.1) is 16.7 Å². The summed E-state index contributed by atoms with van der Waals surface area (Å²) in [6, 6.07) is 0. The molecule has 0 N–H and O–H groups in total. The van der Waals surface area contributed by atoms with Gasteiger partial charge in [-0.1, -0.05) is 12.0 Å². The predicted molar refractivity (Wildman–Crippen MR) is 52.2 cm³/mol. The van der Waals surface area contributed by atoms with Crippen molar-refractivity contribution in [3.63, 3.8) is 0 Å². The third kappa shape index (κ3) is 1.77. The van der Waals surface area contributed by atoms with Gasteiger partial charge in [0.2, 0.25) is 0 Å². The van der Waals surface area contributed by atoms with Gasteiger partial charge in [-0.25, -0.2) is 0 Å². The lowest BCUT2D eigenvalue weighted by Gasteiger charge is -2.44. The standard InChI is InChI=1S/C11H16NO/c1-6-9-7-10(2,3)12(13)11(4,5)8-9/h1,7H,8H2,2-5H3. The van der Waals surface area contributed by atoms with Crippen molar-refractivity contribution < 1.29 is 5.21 Å². The van der Waals surface area contributed by atoms with Crippen molar-refractivity contribution >= 4 is 0 Å². The highest BCUT2D eigenvalue weighted by Crippen LogP contribution is 2.35. The molecule has 2 heteroatoms. The van der Waals surface area contributed by atoms with Crippen molar-refractivity contribution in [3.05, 3.63) is 11.6 Å². The summed E-state index contributed by atoms with van der Waals surface area (Å²) in [4.78, 5) is 0. The maximum Gasteiger partial charge on any atom is 0.0634 e. The van der Waals surface area contributed by atoms with E-state index in [0.29, 0.717) is 6.42 Å². The van der Waals surface area contributed by atoms with E-state index in [4.69, 9.17) is 6.42 Å². The molecule has 0 unspecified atom stereocenters. The molecule has 1 rings (SSSR count). The first-order valence-electron chi connectivity index (χ1n) is 4.45. The smallest absolute Gasteiger partial charge is 0.0634 e. The molecule has 1 radical (unpaired) electrons. The lowest BCUT2D eigenvalue weighted by atomic mass is 9.83. The van der Waals surface area contributed by atoms with E-state index in [-0.39, 0.29) is 5.54 Å². The average Bonchev–Trinajstić information content (AvgIpc) is 1.99. The number of terminal acetylenes is 1. The molecule has 71 valence electrons. The first-order chi connectivity index (χ1) is 5.79. The van der Waals surface area contributed by atoms with Crippen LogP contribution in [0.15, 0.2) is 11.6 Å². The first kappa shape index (κ1) is 10.3. The molecule has 0 amide bonds. The second-order valence-corrected chi connectivity index (χ2v) is 4.75. The van der Waals surface area contributed by atoms with Crippen LogP contribution >= 0.6 is 0 Å². The van der Waals surface area contributed by atoms with E-state index >= 15 is 0 Å². The molecule has 0 saturated heterocycles. The zero-order chi connectivity index (χ0) is 10.3. The van der Waals surface area contributed by atoms with Gasteiger partial charge in [-0.05, 0) is 27.7 Å². The van der Waals surface area contributed by atoms with Crippen LogP contribution in [-0.4, -0.2) is 16.1 Å². The van der Waals surface area contributed by atoms with Crippen LogP contribution in [0.4, 0.5) is 0 Å². The van der Waals surface area contributed by atoms with Crippen LogP contribution < -0.4 is 0 Å². The summed E-state index contributed by atoms with van der Waals surface area (Å²) >= 11 is 0. The summed E-state index contributed by atoms with van der Waals surface area (Å²) in [5.41, 5.74) is 0.0609. The monoisotopic (exact) mass is 178 g/mol. The minimum absolute atomic E-state index is 0.389. The molecule has 0 aromatic carbocycles. The lowest BCUT2D eigenvalue weighted by molar-refractivity contribution is -0.262. The first-order valence-corrected chi connectivity index (χ1v) is 4.45. The number of hydrogen-bond acceptors (Lipinski definition) is 1. The summed E-state index contributed by atoms with van der Waals surface area (Å²) in [6.07, 6.45) is 7.90. The fourth-order valence-electron chi connectivity index (χ4n) is 1.95. The molecule has 0 atom stereocenters. The fraction of sp³-hybridized carbons (Fsp3) is 0.636. The van der Waals surface area contributed by atoms with Crippen LogP contribution in [0.3, 0.4) is 0 Å². The molecule has 13 heavy (non-hydrogen) atoms. The van der Waals surface area contributed by atoms with Crippen molar-refractivity contribution in [2.24, 2.45) is 0 Å². The molecule has 0 aromatic heterocycles. The molecule has 1 heterocycles. The Morgan fingerprint density at radius 3 is 2.38 bits per heavy atom. The van der Waals surface area contributed by atoms with Gasteiger partial charge in [0.1, 0.15) is 0 Å². The summed E-state index contributed by atoms with van der Waals surface area (Å²) in [5, 5.41) is 13.0. The Bertz CT molecular complexity index is 281. The van der Waals surface area contributed by atoms with Crippen molar-refractivity contribution in [2.75, 3.05) is 0 Å². The molecule has 0 aromatic rings. The van der Waals surface area contributed by atoms with Crippen molar-refractivity contribution in [3.8, 4) is 12.3 Å². The summed E-state index contributed by atoms with van der Waals surface area (Å²) in [6.45, 7) is 7.62. The van der Waals surface area contributed by atoms with Gasteiger partial charge in [-0.3, -0.25) is 0 Å². The SMILES string of the molecule is C#CC1=CC(C)(C)N([O])C(C)(C)C1. The predicted octanol–water partition coefficient (Wildman–Crippen LogP) is 2.15. The van der Waals surface area contributed by atoms with Crippen LogP contribution in [-0.2, 0) is 5.21 Å². The highest BCUT2D eigenvalue weighted by atomic mass is 16.5. The average molecular weight is 178 g/mol. The van der Waals surface area contributed by atoms with Gasteiger partial charge >= 0.3 is 0 Å². The quantitative estimate of drug-likeness (QED) is 0.521. The number of hydrogen-bond donors (Lipinski definition) is 0. The van der Waals surface area contributed by atoms with Gasteiger partial charge in [0, 0.05) is 17.5 Å². The Labute approximate surface area is 80.2 Å². The molecule has 0 bridgehead atoms. The molecule has 0 fully saturated rings. The highest BCUT2D eigenvalue weighted by Gasteiger charge is 2.41. The van der Waals surface area contributed by atoms with Crippen LogP contribution in [0.5, 0.6) is 0 Å². The van der Waals surface area contributed by atoms with E-state index in [0.717, 1.165) is 10.6 Å². The minimum atomic E-state index is -0.483. The van der Waals surface area contributed by atoms with E-state index in [9.17, 15) is 5.21 Å². The van der Waals surface area contributed by atoms with Crippen molar-refractivity contribution in [2.45, 2.75) is 45.2 Å². The number of nitrogens with zero attached hydrogens (tertiary/aromatic N) is 1. The van der Waals surface area contributed by atoms with Crippen LogP contribution in [0.25, 0.3) is 0 Å². The Morgan fingerprint density at radius 1 is 1.46 bits per heavy atom. The second-order valence-electron chi connectivity index (χ2n) is 4.75. The van der Waals surface area contributed by atoms with Crippen LogP contribution in [0, 0.1) is 12.3 Å². The van der Waals surface area contributed by atoms with E-state index in [2.05, 4.69) is 5.92 Å². The van der Waals surface area contributed by atoms with Crippen molar-refractivity contribution in [1.29, 1.82) is 0 Å². The second kappa shape index (κ2) is 2.87. The summed E-state index contributed by atoms with van der Waals surface area (Å²) in [7, 11) is 0. The van der Waals surface area contributed by atoms with E-state index in [1.807, 2.05) is 33.8 Å². The number of hydroxylamine groups is 2. The van der Waals surface area contributed by atoms with Gasteiger partial charge in [-0.2, -0.15) is 0 Å². The normalized spacial score (nSPS) is 26.3. The third-order valence-electron chi connectivity index (χ3n) is 2.41. The molecular weight excluding hydrogens is 162 g/mol. The Morgan fingerprint density at radius 2 is 2.00 bits per heavy atom. The van der Waals surface area contributed by atoms with E-state index in [1.165, 1.54) is 0 Å². The minimum Gasteiger partial charge on any atom is -0.140 e. The highest BCUT2D eigenvalue weighted by molar-refractivity contribution is 5.33. The lowest BCUT2D eigenvalue weighted by Crippen LogP contribution is -2.54. The summed E-state index contributed by atoms with van der Waals surface area (Å²) < 4.78 is 0. The molecule has 0 aliphatic carbocycles. The fourth-order valence-corrected chi connectivity index (χ4v) is 1.95. The topological polar surface area (TPSA) is 23.1 Å². The van der Waals surface area contributed by atoms with Crippen LogP contribution in [0.1, 0.15) is 34.1 Å². The molecule has 0 saturated carbocycles. The van der Waals surface area contributed by atoms with Gasteiger partial charge in [0.25, 0.3) is 0 Å². The summed E-state index contributed by atoms with van der Waals surface area (Å²) in [5.74, 6) is 2.63. The molecule has 1 aliphatic rings. The Balaban J connectivity index is 3.10. The van der Waals surface area contributed by atoms with Gasteiger partial charge in [0.15, 0.2) is 0 Å². The molecular formula is C11H16NO. The molecule has 0 spiro atoms. The largest absolute Gasteiger partial charge is 0.140 e. The Kier molecular flexibility index (Phi) is 2.27. The molecule has 1 aliphatic heterocycles. The van der Waals surface area contributed by atoms with Crippen LogP contribution in [0.2, 0.25) is 0 Å². The third-order valence-corrected chi connectivity index (χ3v) is 2.41. The number of rotatable bonds is 0. The van der Waals surface area contributed by atoms with Gasteiger partial charge in [0.05, 0.1) is 5.54 Å². The zero-order valence-electron chi connectivity index (χ0n) is 8.72. The maximum absolute atomic E-state index is 11.8. The Hall–Kier alpha value is -0.780. The van der Waals surface area contributed by atoms with Crippen molar-refractivity contribution in [1.82, 2.24) is 5.06 Å². The maximum atomic E-state index is 11.8. The van der Waals surface area contributed by atoms with Gasteiger partial charge < -0.3 is 0 Å².